The van der Waals surface area contributed by atoms with Crippen LogP contribution < -0.4 is 14.2 Å². The quantitative estimate of drug-likeness (QED) is 0.419. The first-order valence-corrected chi connectivity index (χ1v) is 6.81. The Morgan fingerprint density at radius 3 is 2.38 bits per heavy atom. The average Bonchev–Trinajstić information content (AvgIpc) is 2.51. The standard InChI is InChI=1S/C16H22O5/c1-5-6-11-21-14(17)10-8-12-7-9-13(18-2)16(20-4)15(12)19-3/h7-10H,5-6,11H2,1-4H3. The van der Waals surface area contributed by atoms with Crippen molar-refractivity contribution in [3.8, 4) is 17.2 Å². The van der Waals surface area contributed by atoms with Gasteiger partial charge in [-0.15, -0.1) is 0 Å². The number of esters is 1. The highest BCUT2D eigenvalue weighted by Crippen LogP contribution is 2.40. The zero-order valence-corrected chi connectivity index (χ0v) is 13.0. The molecule has 0 aliphatic rings. The van der Waals surface area contributed by atoms with Crippen molar-refractivity contribution in [2.24, 2.45) is 0 Å². The Kier molecular flexibility index (Phi) is 7.15. The van der Waals surface area contributed by atoms with Crippen LogP contribution in [0.2, 0.25) is 0 Å². The number of ether oxygens (including phenoxy) is 4. The summed E-state index contributed by atoms with van der Waals surface area (Å²) in [4.78, 5) is 11.6. The molecule has 0 aliphatic carbocycles. The maximum atomic E-state index is 11.6. The monoisotopic (exact) mass is 294 g/mol. The van der Waals surface area contributed by atoms with Crippen LogP contribution in [0.5, 0.6) is 17.2 Å². The van der Waals surface area contributed by atoms with Gasteiger partial charge >= 0.3 is 5.97 Å². The molecule has 1 aromatic rings. The van der Waals surface area contributed by atoms with Crippen LogP contribution in [0.15, 0.2) is 18.2 Å². The van der Waals surface area contributed by atoms with E-state index in [0.29, 0.717) is 29.4 Å². The highest BCUT2D eigenvalue weighted by Gasteiger charge is 2.14. The Morgan fingerprint density at radius 2 is 1.81 bits per heavy atom. The first-order chi connectivity index (χ1) is 10.2. The molecule has 0 saturated carbocycles. The van der Waals surface area contributed by atoms with Crippen molar-refractivity contribution in [2.75, 3.05) is 27.9 Å². The van der Waals surface area contributed by atoms with Gasteiger partial charge in [0.15, 0.2) is 11.5 Å². The van der Waals surface area contributed by atoms with Gasteiger partial charge in [0, 0.05) is 11.6 Å². The van der Waals surface area contributed by atoms with E-state index in [1.807, 2.05) is 6.92 Å². The summed E-state index contributed by atoms with van der Waals surface area (Å²) >= 11 is 0. The molecule has 0 unspecified atom stereocenters. The molecule has 0 fully saturated rings. The molecule has 0 atom stereocenters. The topological polar surface area (TPSA) is 54.0 Å². The minimum Gasteiger partial charge on any atom is -0.493 e. The summed E-state index contributed by atoms with van der Waals surface area (Å²) in [6, 6.07) is 3.54. The van der Waals surface area contributed by atoms with Gasteiger partial charge in [-0.1, -0.05) is 13.3 Å². The Morgan fingerprint density at radius 1 is 1.10 bits per heavy atom. The highest BCUT2D eigenvalue weighted by molar-refractivity contribution is 5.88. The summed E-state index contributed by atoms with van der Waals surface area (Å²) in [6.07, 6.45) is 4.86. The van der Waals surface area contributed by atoms with E-state index in [1.165, 1.54) is 20.3 Å². The summed E-state index contributed by atoms with van der Waals surface area (Å²) in [5.74, 6) is 1.19. The van der Waals surface area contributed by atoms with E-state index in [0.717, 1.165) is 12.8 Å². The summed E-state index contributed by atoms with van der Waals surface area (Å²) in [5, 5.41) is 0. The second-order valence-electron chi connectivity index (χ2n) is 4.28. The van der Waals surface area contributed by atoms with Crippen molar-refractivity contribution in [3.63, 3.8) is 0 Å². The number of hydrogen-bond donors (Lipinski definition) is 0. The van der Waals surface area contributed by atoms with E-state index < -0.39 is 0 Å². The smallest absolute Gasteiger partial charge is 0.330 e. The lowest BCUT2D eigenvalue weighted by Gasteiger charge is -2.13. The minimum absolute atomic E-state index is 0.375. The highest BCUT2D eigenvalue weighted by atomic mass is 16.5. The number of unbranched alkanes of at least 4 members (excludes halogenated alkanes) is 1. The van der Waals surface area contributed by atoms with E-state index in [2.05, 4.69) is 0 Å². The van der Waals surface area contributed by atoms with Gasteiger partial charge in [0.2, 0.25) is 5.75 Å². The zero-order chi connectivity index (χ0) is 15.7. The molecular formula is C16H22O5. The molecule has 0 saturated heterocycles. The van der Waals surface area contributed by atoms with E-state index in [9.17, 15) is 4.79 Å². The second kappa shape index (κ2) is 8.89. The van der Waals surface area contributed by atoms with E-state index in [1.54, 1.807) is 25.3 Å². The Balaban J connectivity index is 2.90. The Bertz CT molecular complexity index is 494. The molecule has 5 heteroatoms. The second-order valence-corrected chi connectivity index (χ2v) is 4.28. The van der Waals surface area contributed by atoms with Crippen molar-refractivity contribution in [1.29, 1.82) is 0 Å². The van der Waals surface area contributed by atoms with Crippen LogP contribution in [0.3, 0.4) is 0 Å². The van der Waals surface area contributed by atoms with Gasteiger partial charge in [0.25, 0.3) is 0 Å². The van der Waals surface area contributed by atoms with E-state index in [4.69, 9.17) is 18.9 Å². The zero-order valence-electron chi connectivity index (χ0n) is 13.0. The number of methoxy groups -OCH3 is 3. The number of carbonyl (C=O) groups excluding carboxylic acids is 1. The minimum atomic E-state index is -0.375. The lowest BCUT2D eigenvalue weighted by molar-refractivity contribution is -0.137. The van der Waals surface area contributed by atoms with E-state index >= 15 is 0 Å². The molecule has 0 spiro atoms. The fraction of sp³-hybridized carbons (Fsp3) is 0.438. The lowest BCUT2D eigenvalue weighted by atomic mass is 10.1. The molecule has 0 aromatic heterocycles. The molecule has 0 heterocycles. The van der Waals surface area contributed by atoms with Gasteiger partial charge in [0.05, 0.1) is 27.9 Å². The van der Waals surface area contributed by atoms with Gasteiger partial charge in [0.1, 0.15) is 0 Å². The molecule has 0 amide bonds. The van der Waals surface area contributed by atoms with Crippen LogP contribution in [0.25, 0.3) is 6.08 Å². The third-order valence-electron chi connectivity index (χ3n) is 2.88. The molecule has 1 aromatic carbocycles. The van der Waals surface area contributed by atoms with Crippen LogP contribution >= 0.6 is 0 Å². The van der Waals surface area contributed by atoms with E-state index in [-0.39, 0.29) is 5.97 Å². The summed E-state index contributed by atoms with van der Waals surface area (Å²) < 4.78 is 20.9. The fourth-order valence-electron chi connectivity index (χ4n) is 1.78. The summed E-state index contributed by atoms with van der Waals surface area (Å²) in [6.45, 7) is 2.47. The molecular weight excluding hydrogens is 272 g/mol. The number of rotatable bonds is 8. The average molecular weight is 294 g/mol. The fourth-order valence-corrected chi connectivity index (χ4v) is 1.78. The van der Waals surface area contributed by atoms with Crippen LogP contribution in [-0.2, 0) is 9.53 Å². The third-order valence-corrected chi connectivity index (χ3v) is 2.88. The number of benzene rings is 1. The Labute approximate surface area is 125 Å². The molecule has 0 aliphatic heterocycles. The Hall–Kier alpha value is -2.17. The largest absolute Gasteiger partial charge is 0.493 e. The SMILES string of the molecule is CCCCOC(=O)C=Cc1ccc(OC)c(OC)c1OC. The molecule has 5 nitrogen and oxygen atoms in total. The van der Waals surface area contributed by atoms with Gasteiger partial charge in [-0.05, 0) is 24.6 Å². The first-order valence-electron chi connectivity index (χ1n) is 6.81. The third kappa shape index (κ3) is 4.70. The van der Waals surface area contributed by atoms with Crippen LogP contribution in [0, 0.1) is 0 Å². The maximum absolute atomic E-state index is 11.6. The van der Waals surface area contributed by atoms with Crippen molar-refractivity contribution in [2.45, 2.75) is 19.8 Å². The summed E-state index contributed by atoms with van der Waals surface area (Å²) in [5.41, 5.74) is 0.711. The maximum Gasteiger partial charge on any atom is 0.330 e. The van der Waals surface area contributed by atoms with Crippen molar-refractivity contribution in [1.82, 2.24) is 0 Å². The predicted octanol–water partition coefficient (Wildman–Crippen LogP) is 3.07. The lowest BCUT2D eigenvalue weighted by Crippen LogP contribution is -2.02. The van der Waals surface area contributed by atoms with Gasteiger partial charge in [-0.25, -0.2) is 4.79 Å². The number of hydrogen-bond acceptors (Lipinski definition) is 5. The van der Waals surface area contributed by atoms with Crippen molar-refractivity contribution < 1.29 is 23.7 Å². The van der Waals surface area contributed by atoms with Crippen molar-refractivity contribution in [3.05, 3.63) is 23.8 Å². The van der Waals surface area contributed by atoms with Gasteiger partial charge in [-0.2, -0.15) is 0 Å². The molecule has 0 bridgehead atoms. The van der Waals surface area contributed by atoms with Crippen molar-refractivity contribution >= 4 is 12.0 Å². The predicted molar refractivity (Wildman–Crippen MR) is 81.0 cm³/mol. The molecule has 1 rings (SSSR count). The molecule has 21 heavy (non-hydrogen) atoms. The van der Waals surface area contributed by atoms with Crippen LogP contribution in [-0.4, -0.2) is 33.9 Å². The number of carbonyl (C=O) groups is 1. The van der Waals surface area contributed by atoms with Crippen LogP contribution in [0.1, 0.15) is 25.3 Å². The van der Waals surface area contributed by atoms with Gasteiger partial charge in [-0.3, -0.25) is 0 Å². The first kappa shape index (κ1) is 16.9. The van der Waals surface area contributed by atoms with Gasteiger partial charge < -0.3 is 18.9 Å². The molecule has 116 valence electrons. The molecule has 0 N–H and O–H groups in total. The summed E-state index contributed by atoms with van der Waals surface area (Å²) in [7, 11) is 4.62. The van der Waals surface area contributed by atoms with Crippen LogP contribution in [0.4, 0.5) is 0 Å². The molecule has 0 radical (unpaired) electrons. The normalized spacial score (nSPS) is 10.5.